The van der Waals surface area contributed by atoms with Crippen molar-refractivity contribution in [2.45, 2.75) is 45.1 Å². The van der Waals surface area contributed by atoms with Gasteiger partial charge in [0.15, 0.2) is 5.96 Å². The number of likely N-dealkylation sites (N-methyl/N-ethyl adjacent to an activating group) is 1. The molecule has 0 radical (unpaired) electrons. The van der Waals surface area contributed by atoms with E-state index >= 15 is 0 Å². The van der Waals surface area contributed by atoms with Crippen molar-refractivity contribution in [1.82, 2.24) is 20.9 Å². The SMILES string of the molecule is CCNC(=NCC(C)(C)c1cccc(F)c1)NC1CCN(CC(=O)NC)CC1.I. The summed E-state index contributed by atoms with van der Waals surface area (Å²) in [6.45, 7) is 9.76. The Balaban J connectivity index is 0.00000420. The van der Waals surface area contributed by atoms with Crippen LogP contribution in [0.4, 0.5) is 4.39 Å². The number of amides is 1. The van der Waals surface area contributed by atoms with Gasteiger partial charge in [-0.1, -0.05) is 26.0 Å². The molecule has 1 fully saturated rings. The van der Waals surface area contributed by atoms with E-state index in [2.05, 4.69) is 34.7 Å². The van der Waals surface area contributed by atoms with E-state index < -0.39 is 0 Å². The van der Waals surface area contributed by atoms with Crippen molar-refractivity contribution >= 4 is 35.8 Å². The predicted molar refractivity (Wildman–Crippen MR) is 127 cm³/mol. The molecule has 6 nitrogen and oxygen atoms in total. The number of guanidine groups is 1. The van der Waals surface area contributed by atoms with Gasteiger partial charge in [-0.15, -0.1) is 24.0 Å². The van der Waals surface area contributed by atoms with Crippen LogP contribution < -0.4 is 16.0 Å². The van der Waals surface area contributed by atoms with Crippen LogP contribution in [0.3, 0.4) is 0 Å². The van der Waals surface area contributed by atoms with Crippen LogP contribution in [0.15, 0.2) is 29.3 Å². The molecule has 0 saturated carbocycles. The number of hydrogen-bond acceptors (Lipinski definition) is 3. The minimum absolute atomic E-state index is 0. The molecule has 1 saturated heterocycles. The highest BCUT2D eigenvalue weighted by atomic mass is 127. The number of nitrogens with zero attached hydrogens (tertiary/aromatic N) is 2. The summed E-state index contributed by atoms with van der Waals surface area (Å²) in [7, 11) is 1.67. The molecule has 1 amide bonds. The van der Waals surface area contributed by atoms with Crippen LogP contribution in [0.5, 0.6) is 0 Å². The Morgan fingerprint density at radius 1 is 1.31 bits per heavy atom. The third-order valence-electron chi connectivity index (χ3n) is 5.16. The normalized spacial score (nSPS) is 16.1. The van der Waals surface area contributed by atoms with Crippen LogP contribution in [0, 0.1) is 5.82 Å². The van der Waals surface area contributed by atoms with Gasteiger partial charge < -0.3 is 16.0 Å². The average Bonchev–Trinajstić information content (AvgIpc) is 2.68. The van der Waals surface area contributed by atoms with Crippen LogP contribution in [0.2, 0.25) is 0 Å². The first-order chi connectivity index (χ1) is 13.3. The van der Waals surface area contributed by atoms with E-state index in [-0.39, 0.29) is 41.1 Å². The van der Waals surface area contributed by atoms with Crippen molar-refractivity contribution in [3.63, 3.8) is 0 Å². The van der Waals surface area contributed by atoms with Crippen molar-refractivity contribution < 1.29 is 9.18 Å². The second-order valence-corrected chi connectivity index (χ2v) is 7.96. The number of nitrogens with one attached hydrogen (secondary N) is 3. The minimum atomic E-state index is -0.263. The molecule has 164 valence electrons. The molecule has 0 unspecified atom stereocenters. The molecule has 1 heterocycles. The highest BCUT2D eigenvalue weighted by Gasteiger charge is 2.23. The van der Waals surface area contributed by atoms with Gasteiger partial charge in [-0.2, -0.15) is 0 Å². The fourth-order valence-electron chi connectivity index (χ4n) is 3.31. The van der Waals surface area contributed by atoms with Crippen LogP contribution in [-0.2, 0) is 10.2 Å². The lowest BCUT2D eigenvalue weighted by atomic mass is 9.85. The van der Waals surface area contributed by atoms with Crippen LogP contribution in [0.1, 0.15) is 39.2 Å². The molecular formula is C21H35FIN5O. The molecule has 8 heteroatoms. The number of carbonyl (C=O) groups is 1. The zero-order valence-electron chi connectivity index (χ0n) is 17.9. The van der Waals surface area contributed by atoms with Gasteiger partial charge in [0.1, 0.15) is 5.82 Å². The van der Waals surface area contributed by atoms with Gasteiger partial charge in [0, 0.05) is 38.1 Å². The predicted octanol–water partition coefficient (Wildman–Crippen LogP) is 2.49. The standard InChI is InChI=1S/C21H34FN5O.HI/c1-5-24-20(25-15-21(2,3)16-7-6-8-17(22)13-16)26-18-9-11-27(12-10-18)14-19(28)23-4;/h6-8,13,18H,5,9-12,14-15H2,1-4H3,(H,23,28)(H2,24,25,26);1H. The number of likely N-dealkylation sites (tertiary alicyclic amines) is 1. The van der Waals surface area contributed by atoms with Gasteiger partial charge in [-0.3, -0.25) is 14.7 Å². The molecule has 0 aromatic heterocycles. The lowest BCUT2D eigenvalue weighted by Crippen LogP contribution is -2.50. The number of hydrogen-bond donors (Lipinski definition) is 3. The van der Waals surface area contributed by atoms with Gasteiger partial charge in [0.2, 0.25) is 5.91 Å². The molecule has 3 N–H and O–H groups in total. The summed E-state index contributed by atoms with van der Waals surface area (Å²) in [5.41, 5.74) is 0.677. The number of benzene rings is 1. The number of halogens is 2. The molecular weight excluding hydrogens is 484 g/mol. The van der Waals surface area contributed by atoms with Crippen molar-refractivity contribution in [3.05, 3.63) is 35.6 Å². The Bertz CT molecular complexity index is 675. The van der Waals surface area contributed by atoms with Crippen molar-refractivity contribution in [2.75, 3.05) is 39.8 Å². The van der Waals surface area contributed by atoms with Crippen LogP contribution >= 0.6 is 24.0 Å². The first kappa shape index (κ1) is 25.6. The van der Waals surface area contributed by atoms with E-state index in [1.807, 2.05) is 13.0 Å². The van der Waals surface area contributed by atoms with Gasteiger partial charge in [-0.05, 0) is 37.5 Å². The average molecular weight is 519 g/mol. The second-order valence-electron chi connectivity index (χ2n) is 7.96. The van der Waals surface area contributed by atoms with Gasteiger partial charge in [0.05, 0.1) is 13.1 Å². The van der Waals surface area contributed by atoms with E-state index in [0.717, 1.165) is 44.0 Å². The molecule has 1 aliphatic heterocycles. The number of carbonyl (C=O) groups excluding carboxylic acids is 1. The molecule has 1 aromatic carbocycles. The van der Waals surface area contributed by atoms with Crippen LogP contribution in [-0.4, -0.2) is 62.6 Å². The summed E-state index contributed by atoms with van der Waals surface area (Å²) in [6, 6.07) is 7.06. The quantitative estimate of drug-likeness (QED) is 0.294. The topological polar surface area (TPSA) is 68.8 Å². The van der Waals surface area contributed by atoms with Gasteiger partial charge in [-0.25, -0.2) is 4.39 Å². The highest BCUT2D eigenvalue weighted by molar-refractivity contribution is 14.0. The van der Waals surface area contributed by atoms with E-state index in [1.165, 1.54) is 6.07 Å². The third kappa shape index (κ3) is 8.46. The summed E-state index contributed by atoms with van der Waals surface area (Å²) in [5.74, 6) is 0.626. The third-order valence-corrected chi connectivity index (χ3v) is 5.16. The lowest BCUT2D eigenvalue weighted by molar-refractivity contribution is -0.122. The minimum Gasteiger partial charge on any atom is -0.358 e. The Kier molecular flexibility index (Phi) is 10.9. The summed E-state index contributed by atoms with van der Waals surface area (Å²) >= 11 is 0. The molecule has 0 atom stereocenters. The summed E-state index contributed by atoms with van der Waals surface area (Å²) < 4.78 is 13.6. The highest BCUT2D eigenvalue weighted by Crippen LogP contribution is 2.24. The van der Waals surface area contributed by atoms with Crippen molar-refractivity contribution in [3.8, 4) is 0 Å². The maximum absolute atomic E-state index is 13.6. The van der Waals surface area contributed by atoms with Crippen molar-refractivity contribution in [1.29, 1.82) is 0 Å². The van der Waals surface area contributed by atoms with Gasteiger partial charge in [0.25, 0.3) is 0 Å². The second kappa shape index (κ2) is 12.3. The fraction of sp³-hybridized carbons (Fsp3) is 0.619. The zero-order chi connectivity index (χ0) is 20.6. The van der Waals surface area contributed by atoms with Crippen LogP contribution in [0.25, 0.3) is 0 Å². The van der Waals surface area contributed by atoms with Crippen molar-refractivity contribution in [2.24, 2.45) is 4.99 Å². The summed E-state index contributed by atoms with van der Waals surface area (Å²) in [5, 5.41) is 9.49. The van der Waals surface area contributed by atoms with Gasteiger partial charge >= 0.3 is 0 Å². The molecule has 2 rings (SSSR count). The molecule has 0 aliphatic carbocycles. The summed E-state index contributed by atoms with van der Waals surface area (Å²) in [4.78, 5) is 18.5. The first-order valence-electron chi connectivity index (χ1n) is 10.1. The summed E-state index contributed by atoms with van der Waals surface area (Å²) in [6.07, 6.45) is 1.93. The zero-order valence-corrected chi connectivity index (χ0v) is 20.3. The Labute approximate surface area is 191 Å². The Morgan fingerprint density at radius 2 is 2.00 bits per heavy atom. The van der Waals surface area contributed by atoms with E-state index in [0.29, 0.717) is 19.1 Å². The number of piperidine rings is 1. The maximum Gasteiger partial charge on any atom is 0.233 e. The maximum atomic E-state index is 13.6. The largest absolute Gasteiger partial charge is 0.358 e. The molecule has 0 spiro atoms. The Hall–Kier alpha value is -1.42. The lowest BCUT2D eigenvalue weighted by Gasteiger charge is -2.32. The monoisotopic (exact) mass is 519 g/mol. The smallest absolute Gasteiger partial charge is 0.233 e. The van der Waals surface area contributed by atoms with E-state index in [9.17, 15) is 9.18 Å². The number of aliphatic imine (C=N–C) groups is 1. The molecule has 0 bridgehead atoms. The molecule has 1 aliphatic rings. The van der Waals surface area contributed by atoms with E-state index in [1.54, 1.807) is 19.2 Å². The first-order valence-corrected chi connectivity index (χ1v) is 10.1. The Morgan fingerprint density at radius 3 is 2.59 bits per heavy atom. The molecule has 29 heavy (non-hydrogen) atoms. The number of rotatable bonds is 7. The fourth-order valence-corrected chi connectivity index (χ4v) is 3.31. The molecule has 1 aromatic rings. The van der Waals surface area contributed by atoms with E-state index in [4.69, 9.17) is 4.99 Å².